The minimum absolute atomic E-state index is 0.239. The summed E-state index contributed by atoms with van der Waals surface area (Å²) in [5.41, 5.74) is 0.726. The molecule has 0 spiro atoms. The maximum absolute atomic E-state index is 12.4. The van der Waals surface area contributed by atoms with E-state index in [0.717, 1.165) is 10.7 Å². The predicted octanol–water partition coefficient (Wildman–Crippen LogP) is 2.45. The number of rotatable bonds is 4. The first kappa shape index (κ1) is 14.9. The summed E-state index contributed by atoms with van der Waals surface area (Å²) >= 11 is 1.46. The minimum atomic E-state index is -4.72. The highest BCUT2D eigenvalue weighted by atomic mass is 32.1. The smallest absolute Gasteiger partial charge is 0.383 e. The summed E-state index contributed by atoms with van der Waals surface area (Å²) in [6.45, 7) is 3.03. The van der Waals surface area contributed by atoms with E-state index in [-0.39, 0.29) is 18.1 Å². The van der Waals surface area contributed by atoms with Crippen LogP contribution < -0.4 is 0 Å². The van der Waals surface area contributed by atoms with Crippen LogP contribution in [0.1, 0.15) is 35.3 Å². The maximum atomic E-state index is 12.4. The van der Waals surface area contributed by atoms with Gasteiger partial charge in [0.25, 0.3) is 0 Å². The van der Waals surface area contributed by atoms with Crippen molar-refractivity contribution in [1.29, 1.82) is 0 Å². The zero-order valence-corrected chi connectivity index (χ0v) is 11.5. The summed E-state index contributed by atoms with van der Waals surface area (Å²) in [6, 6.07) is 0. The summed E-state index contributed by atoms with van der Waals surface area (Å²) < 4.78 is 42.0. The average molecular weight is 307 g/mol. The third kappa shape index (κ3) is 3.34. The van der Waals surface area contributed by atoms with Crippen molar-refractivity contribution >= 4 is 11.3 Å². The molecular weight excluding hydrogens is 295 g/mol. The molecule has 0 aliphatic carbocycles. The Morgan fingerprint density at radius 2 is 2.10 bits per heavy atom. The largest absolute Gasteiger partial charge is 0.415 e. The first-order valence-electron chi connectivity index (χ1n) is 5.75. The molecule has 0 saturated carbocycles. The fourth-order valence-electron chi connectivity index (χ4n) is 1.59. The van der Waals surface area contributed by atoms with Crippen LogP contribution in [-0.2, 0) is 6.42 Å². The van der Waals surface area contributed by atoms with Gasteiger partial charge in [-0.25, -0.2) is 4.98 Å². The molecule has 2 heterocycles. The van der Waals surface area contributed by atoms with E-state index in [1.807, 2.05) is 12.3 Å². The van der Waals surface area contributed by atoms with Crippen molar-refractivity contribution in [2.24, 2.45) is 0 Å². The highest BCUT2D eigenvalue weighted by molar-refractivity contribution is 7.09. The van der Waals surface area contributed by atoms with Gasteiger partial charge >= 0.3 is 6.18 Å². The van der Waals surface area contributed by atoms with Gasteiger partial charge in [-0.2, -0.15) is 18.2 Å². The lowest BCUT2D eigenvalue weighted by Gasteiger charge is -2.17. The number of aromatic nitrogens is 3. The number of aliphatic hydroxyl groups is 1. The fraction of sp³-hybridized carbons (Fsp3) is 0.545. The Morgan fingerprint density at radius 1 is 1.40 bits per heavy atom. The Balaban J connectivity index is 2.09. The molecule has 2 unspecified atom stereocenters. The second-order valence-corrected chi connectivity index (χ2v) is 5.42. The lowest BCUT2D eigenvalue weighted by atomic mass is 10.0. The van der Waals surface area contributed by atoms with E-state index in [1.165, 1.54) is 18.3 Å². The third-order valence-electron chi connectivity index (χ3n) is 2.69. The van der Waals surface area contributed by atoms with Crippen LogP contribution in [0.5, 0.6) is 0 Å². The molecule has 0 amide bonds. The van der Waals surface area contributed by atoms with Crippen molar-refractivity contribution in [3.05, 3.63) is 27.8 Å². The summed E-state index contributed by atoms with van der Waals surface area (Å²) in [5, 5.41) is 15.5. The molecule has 2 atom stereocenters. The van der Waals surface area contributed by atoms with E-state index in [0.29, 0.717) is 0 Å². The van der Waals surface area contributed by atoms with Gasteiger partial charge < -0.3 is 9.63 Å². The quantitative estimate of drug-likeness (QED) is 0.939. The summed E-state index contributed by atoms with van der Waals surface area (Å²) in [6.07, 6.45) is -6.97. The molecule has 0 saturated heterocycles. The van der Waals surface area contributed by atoms with Crippen molar-refractivity contribution in [2.45, 2.75) is 38.5 Å². The van der Waals surface area contributed by atoms with Crippen LogP contribution in [0, 0.1) is 6.92 Å². The van der Waals surface area contributed by atoms with E-state index < -0.39 is 18.2 Å². The van der Waals surface area contributed by atoms with Gasteiger partial charge in [-0.1, -0.05) is 12.1 Å². The van der Waals surface area contributed by atoms with Crippen LogP contribution in [0.3, 0.4) is 0 Å². The lowest BCUT2D eigenvalue weighted by molar-refractivity contribution is -0.210. The zero-order chi connectivity index (χ0) is 14.9. The first-order chi connectivity index (χ1) is 9.27. The molecule has 1 N–H and O–H groups in total. The molecule has 0 aliphatic rings. The first-order valence-corrected chi connectivity index (χ1v) is 6.63. The average Bonchev–Trinajstić information content (AvgIpc) is 2.96. The van der Waals surface area contributed by atoms with Crippen LogP contribution in [0.25, 0.3) is 0 Å². The molecule has 5 nitrogen and oxygen atoms in total. The van der Waals surface area contributed by atoms with Crippen molar-refractivity contribution < 1.29 is 22.8 Å². The van der Waals surface area contributed by atoms with Gasteiger partial charge in [-0.05, 0) is 6.92 Å². The lowest BCUT2D eigenvalue weighted by Crippen LogP contribution is -2.33. The van der Waals surface area contributed by atoms with Crippen molar-refractivity contribution in [3.63, 3.8) is 0 Å². The Hall–Kier alpha value is -1.48. The third-order valence-corrected chi connectivity index (χ3v) is 3.51. The van der Waals surface area contributed by atoms with E-state index in [9.17, 15) is 13.2 Å². The van der Waals surface area contributed by atoms with Crippen molar-refractivity contribution in [2.75, 3.05) is 0 Å². The Labute approximate surface area is 116 Å². The van der Waals surface area contributed by atoms with Gasteiger partial charge in [0, 0.05) is 5.38 Å². The molecule has 2 rings (SSSR count). The maximum Gasteiger partial charge on any atom is 0.415 e. The molecular formula is C11H12F3N3O2S. The highest BCUT2D eigenvalue weighted by Gasteiger charge is 2.44. The Bertz CT molecular complexity index is 581. The number of hydrogen-bond donors (Lipinski definition) is 1. The highest BCUT2D eigenvalue weighted by Crippen LogP contribution is 2.30. The molecule has 2 aromatic rings. The SMILES string of the molecule is Cc1nc(Cc2noc(C(C)C(O)C(F)(F)F)n2)cs1. The second-order valence-electron chi connectivity index (χ2n) is 4.36. The van der Waals surface area contributed by atoms with Gasteiger partial charge in [0.15, 0.2) is 11.9 Å². The summed E-state index contributed by atoms with van der Waals surface area (Å²) in [7, 11) is 0. The summed E-state index contributed by atoms with van der Waals surface area (Å²) in [4.78, 5) is 8.08. The monoisotopic (exact) mass is 307 g/mol. The van der Waals surface area contributed by atoms with Crippen LogP contribution >= 0.6 is 11.3 Å². The topological polar surface area (TPSA) is 72.0 Å². The minimum Gasteiger partial charge on any atom is -0.383 e. The van der Waals surface area contributed by atoms with Crippen molar-refractivity contribution in [1.82, 2.24) is 15.1 Å². The van der Waals surface area contributed by atoms with Gasteiger partial charge in [0.05, 0.1) is 23.0 Å². The molecule has 0 radical (unpaired) electrons. The van der Waals surface area contributed by atoms with Gasteiger partial charge in [-0.3, -0.25) is 0 Å². The van der Waals surface area contributed by atoms with Crippen LogP contribution in [0.4, 0.5) is 13.2 Å². The van der Waals surface area contributed by atoms with Crippen molar-refractivity contribution in [3.8, 4) is 0 Å². The normalized spacial score (nSPS) is 15.3. The summed E-state index contributed by atoms with van der Waals surface area (Å²) in [5.74, 6) is -1.31. The Morgan fingerprint density at radius 3 is 2.65 bits per heavy atom. The van der Waals surface area contributed by atoms with Crippen LogP contribution in [0.15, 0.2) is 9.90 Å². The number of nitrogens with zero attached hydrogens (tertiary/aromatic N) is 3. The fourth-order valence-corrected chi connectivity index (χ4v) is 2.21. The van der Waals surface area contributed by atoms with E-state index in [1.54, 1.807) is 0 Å². The molecule has 9 heteroatoms. The molecule has 0 bridgehead atoms. The van der Waals surface area contributed by atoms with E-state index >= 15 is 0 Å². The van der Waals surface area contributed by atoms with Crippen LogP contribution in [0.2, 0.25) is 0 Å². The standard InChI is InChI=1S/C11H12F3N3O2S/c1-5(9(18)11(12,13)14)10-16-8(17-19-10)3-7-4-20-6(2)15-7/h4-5,9,18H,3H2,1-2H3. The molecule has 110 valence electrons. The molecule has 0 aromatic carbocycles. The molecule has 0 aliphatic heterocycles. The second kappa shape index (κ2) is 5.49. The molecule has 20 heavy (non-hydrogen) atoms. The zero-order valence-electron chi connectivity index (χ0n) is 10.7. The number of halogens is 3. The molecule has 2 aromatic heterocycles. The number of aliphatic hydroxyl groups excluding tert-OH is 1. The van der Waals surface area contributed by atoms with Gasteiger partial charge in [0.1, 0.15) is 0 Å². The van der Waals surface area contributed by atoms with E-state index in [2.05, 4.69) is 15.1 Å². The number of thiazole rings is 1. The van der Waals surface area contributed by atoms with Gasteiger partial charge in [0.2, 0.25) is 5.89 Å². The predicted molar refractivity (Wildman–Crippen MR) is 64.4 cm³/mol. The van der Waals surface area contributed by atoms with Crippen LogP contribution in [-0.4, -0.2) is 32.5 Å². The number of alkyl halides is 3. The Kier molecular flexibility index (Phi) is 4.09. The number of aryl methyl sites for hydroxylation is 1. The van der Waals surface area contributed by atoms with E-state index in [4.69, 9.17) is 9.63 Å². The number of hydrogen-bond acceptors (Lipinski definition) is 6. The molecule has 0 fully saturated rings. The van der Waals surface area contributed by atoms with Gasteiger partial charge in [-0.15, -0.1) is 11.3 Å².